The van der Waals surface area contributed by atoms with Gasteiger partial charge in [0.25, 0.3) is 0 Å². The molecule has 0 saturated heterocycles. The molecular formula is C15H18N4O. The van der Waals surface area contributed by atoms with Crippen LogP contribution in [0.4, 0.5) is 5.82 Å². The van der Waals surface area contributed by atoms with Gasteiger partial charge in [0, 0.05) is 42.0 Å². The maximum absolute atomic E-state index is 5.08. The van der Waals surface area contributed by atoms with Crippen molar-refractivity contribution < 1.29 is 4.74 Å². The Morgan fingerprint density at radius 3 is 2.75 bits per heavy atom. The molecule has 3 rings (SSSR count). The minimum absolute atomic E-state index is 0.596. The van der Waals surface area contributed by atoms with Gasteiger partial charge in [-0.05, 0) is 25.8 Å². The summed E-state index contributed by atoms with van der Waals surface area (Å²) in [6.45, 7) is 2.91. The summed E-state index contributed by atoms with van der Waals surface area (Å²) in [4.78, 5) is 13.4. The monoisotopic (exact) mass is 270 g/mol. The summed E-state index contributed by atoms with van der Waals surface area (Å²) in [6, 6.07) is 5.82. The fourth-order valence-electron chi connectivity index (χ4n) is 2.09. The molecular weight excluding hydrogens is 252 g/mol. The molecule has 0 unspecified atom stereocenters. The number of hydrogen-bond acceptors (Lipinski definition) is 5. The fourth-order valence-corrected chi connectivity index (χ4v) is 2.09. The Balaban J connectivity index is 1.97. The molecule has 1 saturated carbocycles. The summed E-state index contributed by atoms with van der Waals surface area (Å²) in [5.41, 5.74) is 2.04. The van der Waals surface area contributed by atoms with Crippen LogP contribution in [0.5, 0.6) is 5.88 Å². The first kappa shape index (κ1) is 12.8. The van der Waals surface area contributed by atoms with Crippen molar-refractivity contribution in [2.75, 3.05) is 19.0 Å². The summed E-state index contributed by atoms with van der Waals surface area (Å²) in [7, 11) is 1.61. The molecule has 2 heterocycles. The number of rotatable bonds is 5. The van der Waals surface area contributed by atoms with Gasteiger partial charge < -0.3 is 10.1 Å². The van der Waals surface area contributed by atoms with Gasteiger partial charge in [-0.2, -0.15) is 0 Å². The fraction of sp³-hybridized carbons (Fsp3) is 0.400. The number of aromatic nitrogens is 3. The Hall–Kier alpha value is -2.17. The lowest BCUT2D eigenvalue weighted by atomic mass is 10.2. The molecule has 0 atom stereocenters. The van der Waals surface area contributed by atoms with Crippen molar-refractivity contribution in [3.8, 4) is 17.3 Å². The van der Waals surface area contributed by atoms with Crippen molar-refractivity contribution in [3.63, 3.8) is 0 Å². The Morgan fingerprint density at radius 2 is 2.15 bits per heavy atom. The largest absolute Gasteiger partial charge is 0.481 e. The second-order valence-corrected chi connectivity index (χ2v) is 4.90. The molecule has 1 aliphatic rings. The van der Waals surface area contributed by atoms with E-state index in [4.69, 9.17) is 4.74 Å². The first-order valence-corrected chi connectivity index (χ1v) is 6.93. The maximum atomic E-state index is 5.08. The number of ether oxygens (including phenoxy) is 1. The van der Waals surface area contributed by atoms with Crippen LogP contribution < -0.4 is 10.1 Å². The third-order valence-corrected chi connectivity index (χ3v) is 3.30. The van der Waals surface area contributed by atoms with Crippen LogP contribution in [0.15, 0.2) is 24.4 Å². The molecule has 5 heteroatoms. The third-order valence-electron chi connectivity index (χ3n) is 3.30. The molecule has 0 spiro atoms. The van der Waals surface area contributed by atoms with Crippen LogP contribution in [-0.4, -0.2) is 28.6 Å². The Kier molecular flexibility index (Phi) is 3.50. The SMILES string of the molecule is CCNc1cc(C2CC2)nc(-c2ccc(OC)nc2)n1. The van der Waals surface area contributed by atoms with Crippen molar-refractivity contribution in [1.29, 1.82) is 0 Å². The van der Waals surface area contributed by atoms with Gasteiger partial charge >= 0.3 is 0 Å². The van der Waals surface area contributed by atoms with E-state index < -0.39 is 0 Å². The Morgan fingerprint density at radius 1 is 1.30 bits per heavy atom. The second-order valence-electron chi connectivity index (χ2n) is 4.90. The van der Waals surface area contributed by atoms with E-state index >= 15 is 0 Å². The predicted molar refractivity (Wildman–Crippen MR) is 78.0 cm³/mol. The van der Waals surface area contributed by atoms with Gasteiger partial charge in [-0.15, -0.1) is 0 Å². The molecule has 1 aliphatic carbocycles. The summed E-state index contributed by atoms with van der Waals surface area (Å²) < 4.78 is 5.08. The van der Waals surface area contributed by atoms with Gasteiger partial charge in [-0.25, -0.2) is 15.0 Å². The number of hydrogen-bond donors (Lipinski definition) is 1. The zero-order chi connectivity index (χ0) is 13.9. The van der Waals surface area contributed by atoms with Gasteiger partial charge in [-0.3, -0.25) is 0 Å². The van der Waals surface area contributed by atoms with E-state index in [0.29, 0.717) is 11.8 Å². The van der Waals surface area contributed by atoms with E-state index in [1.165, 1.54) is 12.8 Å². The van der Waals surface area contributed by atoms with Crippen LogP contribution in [0.25, 0.3) is 11.4 Å². The highest BCUT2D eigenvalue weighted by Crippen LogP contribution is 2.40. The number of pyridine rings is 1. The second kappa shape index (κ2) is 5.45. The zero-order valence-electron chi connectivity index (χ0n) is 11.8. The third kappa shape index (κ3) is 2.71. The zero-order valence-corrected chi connectivity index (χ0v) is 11.8. The number of nitrogens with one attached hydrogen (secondary N) is 1. The summed E-state index contributed by atoms with van der Waals surface area (Å²) in [5.74, 6) is 2.80. The molecule has 20 heavy (non-hydrogen) atoms. The molecule has 104 valence electrons. The molecule has 2 aromatic rings. The molecule has 0 aliphatic heterocycles. The van der Waals surface area contributed by atoms with Crippen molar-refractivity contribution in [3.05, 3.63) is 30.1 Å². The van der Waals surface area contributed by atoms with Gasteiger partial charge in [0.05, 0.1) is 7.11 Å². The number of methoxy groups -OCH3 is 1. The highest BCUT2D eigenvalue weighted by atomic mass is 16.5. The summed E-state index contributed by atoms with van der Waals surface area (Å²) >= 11 is 0. The van der Waals surface area contributed by atoms with E-state index in [1.54, 1.807) is 13.3 Å². The molecule has 1 N–H and O–H groups in total. The van der Waals surface area contributed by atoms with Crippen LogP contribution in [0.2, 0.25) is 0 Å². The van der Waals surface area contributed by atoms with Crippen LogP contribution in [-0.2, 0) is 0 Å². The number of nitrogens with zero attached hydrogens (tertiary/aromatic N) is 3. The maximum Gasteiger partial charge on any atom is 0.212 e. The first-order valence-electron chi connectivity index (χ1n) is 6.93. The van der Waals surface area contributed by atoms with Gasteiger partial charge in [0.1, 0.15) is 5.82 Å². The minimum Gasteiger partial charge on any atom is -0.481 e. The molecule has 0 aromatic carbocycles. The van der Waals surface area contributed by atoms with Crippen molar-refractivity contribution in [2.24, 2.45) is 0 Å². The van der Waals surface area contributed by atoms with Crippen LogP contribution in [0.1, 0.15) is 31.4 Å². The lowest BCUT2D eigenvalue weighted by Crippen LogP contribution is -2.03. The highest BCUT2D eigenvalue weighted by Gasteiger charge is 2.26. The quantitative estimate of drug-likeness (QED) is 0.905. The van der Waals surface area contributed by atoms with Crippen LogP contribution in [0, 0.1) is 0 Å². The average Bonchev–Trinajstić information content (AvgIpc) is 3.32. The average molecular weight is 270 g/mol. The van der Waals surface area contributed by atoms with Crippen LogP contribution in [0.3, 0.4) is 0 Å². The van der Waals surface area contributed by atoms with Gasteiger partial charge in [0.2, 0.25) is 5.88 Å². The molecule has 1 fully saturated rings. The molecule has 0 amide bonds. The van der Waals surface area contributed by atoms with Gasteiger partial charge in [0.15, 0.2) is 5.82 Å². The smallest absolute Gasteiger partial charge is 0.212 e. The van der Waals surface area contributed by atoms with Gasteiger partial charge in [-0.1, -0.05) is 0 Å². The Bertz CT molecular complexity index is 593. The van der Waals surface area contributed by atoms with E-state index in [9.17, 15) is 0 Å². The summed E-state index contributed by atoms with van der Waals surface area (Å²) in [5, 5.41) is 3.27. The highest BCUT2D eigenvalue weighted by molar-refractivity contribution is 5.57. The first-order chi connectivity index (χ1) is 9.80. The standard InChI is InChI=1S/C15H18N4O/c1-3-16-13-8-12(10-4-5-10)18-15(19-13)11-6-7-14(20-2)17-9-11/h6-10H,3-5H2,1-2H3,(H,16,18,19). The molecule has 2 aromatic heterocycles. The van der Waals surface area contributed by atoms with E-state index in [0.717, 1.165) is 29.4 Å². The molecule has 0 bridgehead atoms. The van der Waals surface area contributed by atoms with Crippen LogP contribution >= 0.6 is 0 Å². The van der Waals surface area contributed by atoms with E-state index in [-0.39, 0.29) is 0 Å². The Labute approximate surface area is 118 Å². The van der Waals surface area contributed by atoms with Crippen molar-refractivity contribution in [2.45, 2.75) is 25.7 Å². The van der Waals surface area contributed by atoms with Crippen molar-refractivity contribution >= 4 is 5.82 Å². The molecule has 5 nitrogen and oxygen atoms in total. The topological polar surface area (TPSA) is 59.9 Å². The van der Waals surface area contributed by atoms with E-state index in [2.05, 4.69) is 33.3 Å². The minimum atomic E-state index is 0.596. The predicted octanol–water partition coefficient (Wildman–Crippen LogP) is 2.86. The summed E-state index contributed by atoms with van der Waals surface area (Å²) in [6.07, 6.45) is 4.20. The van der Waals surface area contributed by atoms with E-state index in [1.807, 2.05) is 12.1 Å². The van der Waals surface area contributed by atoms with Crippen molar-refractivity contribution in [1.82, 2.24) is 15.0 Å². The normalized spacial score (nSPS) is 14.1. The number of anilines is 1. The lowest BCUT2D eigenvalue weighted by Gasteiger charge is -2.08. The lowest BCUT2D eigenvalue weighted by molar-refractivity contribution is 0.398. The molecule has 0 radical (unpaired) electrons.